The third-order valence-corrected chi connectivity index (χ3v) is 3.71. The van der Waals surface area contributed by atoms with Crippen molar-refractivity contribution in [3.05, 3.63) is 0 Å². The van der Waals surface area contributed by atoms with E-state index >= 15 is 0 Å². The van der Waals surface area contributed by atoms with Gasteiger partial charge in [-0.15, -0.1) is 0 Å². The third-order valence-electron chi connectivity index (χ3n) is 3.71. The molecule has 5 nitrogen and oxygen atoms in total. The summed E-state index contributed by atoms with van der Waals surface area (Å²) in [5.74, 6) is -1.02. The Bertz CT molecular complexity index is 317. The van der Waals surface area contributed by atoms with E-state index in [1.54, 1.807) is 13.8 Å². The van der Waals surface area contributed by atoms with Crippen LogP contribution >= 0.6 is 0 Å². The molecule has 1 saturated carbocycles. The highest BCUT2D eigenvalue weighted by Crippen LogP contribution is 2.26. The number of carbonyl (C=O) groups is 2. The largest absolute Gasteiger partial charge is 0.480 e. The molecule has 0 heterocycles. The van der Waals surface area contributed by atoms with Gasteiger partial charge in [-0.3, -0.25) is 4.79 Å². The fourth-order valence-corrected chi connectivity index (χ4v) is 2.44. The van der Waals surface area contributed by atoms with Gasteiger partial charge in [0.15, 0.2) is 0 Å². The summed E-state index contributed by atoms with van der Waals surface area (Å²) >= 11 is 0. The summed E-state index contributed by atoms with van der Waals surface area (Å²) in [7, 11) is 0. The highest BCUT2D eigenvalue weighted by atomic mass is 16.5. The fourth-order valence-electron chi connectivity index (χ4n) is 2.44. The Labute approximate surface area is 114 Å². The van der Waals surface area contributed by atoms with Crippen LogP contribution in [0.3, 0.4) is 0 Å². The molecule has 0 radical (unpaired) electrons. The first-order valence-electron chi connectivity index (χ1n) is 7.05. The van der Waals surface area contributed by atoms with Gasteiger partial charge in [0.2, 0.25) is 5.91 Å². The fraction of sp³-hybridized carbons (Fsp3) is 0.857. The van der Waals surface area contributed by atoms with Crippen LogP contribution in [0, 0.1) is 11.8 Å². The molecule has 2 N–H and O–H groups in total. The Kier molecular flexibility index (Phi) is 6.28. The van der Waals surface area contributed by atoms with Gasteiger partial charge in [-0.2, -0.15) is 0 Å². The molecular weight excluding hydrogens is 246 g/mol. The number of carboxylic acids is 1. The number of rotatable bonds is 6. The van der Waals surface area contributed by atoms with Gasteiger partial charge in [-0.05, 0) is 24.7 Å². The van der Waals surface area contributed by atoms with Gasteiger partial charge in [0.05, 0.1) is 6.10 Å². The minimum absolute atomic E-state index is 0.0501. The zero-order valence-corrected chi connectivity index (χ0v) is 12.0. The van der Waals surface area contributed by atoms with Gasteiger partial charge in [-0.25, -0.2) is 4.79 Å². The summed E-state index contributed by atoms with van der Waals surface area (Å²) < 4.78 is 5.61. The van der Waals surface area contributed by atoms with Crippen molar-refractivity contribution in [2.45, 2.75) is 58.6 Å². The Morgan fingerprint density at radius 1 is 1.32 bits per heavy atom. The van der Waals surface area contributed by atoms with Gasteiger partial charge in [0.25, 0.3) is 0 Å². The van der Waals surface area contributed by atoms with Crippen LogP contribution < -0.4 is 5.32 Å². The molecule has 0 aliphatic heterocycles. The molecule has 5 heteroatoms. The van der Waals surface area contributed by atoms with E-state index in [4.69, 9.17) is 9.84 Å². The molecule has 110 valence electrons. The van der Waals surface area contributed by atoms with Gasteiger partial charge in [0, 0.05) is 0 Å². The third kappa shape index (κ3) is 5.19. The monoisotopic (exact) mass is 271 g/mol. The Balaban J connectivity index is 2.36. The number of carboxylic acid groups (broad SMARTS) is 1. The van der Waals surface area contributed by atoms with E-state index in [1.165, 1.54) is 6.42 Å². The zero-order chi connectivity index (χ0) is 14.4. The highest BCUT2D eigenvalue weighted by molar-refractivity contribution is 5.84. The lowest BCUT2D eigenvalue weighted by Gasteiger charge is -2.28. The van der Waals surface area contributed by atoms with Crippen LogP contribution in [0.4, 0.5) is 0 Å². The molecule has 1 aliphatic rings. The van der Waals surface area contributed by atoms with Crippen molar-refractivity contribution in [2.24, 2.45) is 11.8 Å². The maximum atomic E-state index is 11.7. The van der Waals surface area contributed by atoms with E-state index < -0.39 is 12.0 Å². The summed E-state index contributed by atoms with van der Waals surface area (Å²) in [6, 6.07) is -0.847. The lowest BCUT2D eigenvalue weighted by molar-refractivity contribution is -0.144. The van der Waals surface area contributed by atoms with Crippen LogP contribution in [0.2, 0.25) is 0 Å². The number of aliphatic carboxylic acids is 1. The molecule has 3 atom stereocenters. The van der Waals surface area contributed by atoms with E-state index in [0.29, 0.717) is 5.92 Å². The molecule has 0 aromatic carbocycles. The second kappa shape index (κ2) is 7.48. The molecule has 0 spiro atoms. The number of ether oxygens (including phenoxy) is 1. The number of hydrogen-bond donors (Lipinski definition) is 2. The molecule has 1 fully saturated rings. The number of carbonyl (C=O) groups excluding carboxylic acids is 1. The molecule has 2 unspecified atom stereocenters. The molecule has 1 rings (SSSR count). The van der Waals surface area contributed by atoms with E-state index in [0.717, 1.165) is 19.3 Å². The van der Waals surface area contributed by atoms with E-state index in [2.05, 4.69) is 12.2 Å². The first-order chi connectivity index (χ1) is 8.91. The van der Waals surface area contributed by atoms with Crippen molar-refractivity contribution in [1.82, 2.24) is 5.32 Å². The summed E-state index contributed by atoms with van der Waals surface area (Å²) in [5.41, 5.74) is 0. The SMILES string of the molecule is CC1CCCCC1OCC(=O)N[C@H](C(=O)O)C(C)C. The average Bonchev–Trinajstić information content (AvgIpc) is 2.34. The normalized spacial score (nSPS) is 25.1. The van der Waals surface area contributed by atoms with Gasteiger partial charge in [-0.1, -0.05) is 33.6 Å². The second-order valence-electron chi connectivity index (χ2n) is 5.74. The highest BCUT2D eigenvalue weighted by Gasteiger charge is 2.25. The van der Waals surface area contributed by atoms with Crippen molar-refractivity contribution in [1.29, 1.82) is 0 Å². The lowest BCUT2D eigenvalue weighted by Crippen LogP contribution is -2.46. The summed E-state index contributed by atoms with van der Waals surface area (Å²) in [6.07, 6.45) is 4.61. The van der Waals surface area contributed by atoms with Crippen molar-refractivity contribution >= 4 is 11.9 Å². The van der Waals surface area contributed by atoms with Crippen LogP contribution in [0.25, 0.3) is 0 Å². The summed E-state index contributed by atoms with van der Waals surface area (Å²) in [4.78, 5) is 22.7. The molecule has 0 aromatic heterocycles. The topological polar surface area (TPSA) is 75.6 Å². The Morgan fingerprint density at radius 2 is 1.95 bits per heavy atom. The molecule has 0 saturated heterocycles. The first-order valence-corrected chi connectivity index (χ1v) is 7.05. The van der Waals surface area contributed by atoms with Crippen molar-refractivity contribution in [2.75, 3.05) is 6.61 Å². The second-order valence-corrected chi connectivity index (χ2v) is 5.74. The predicted octanol–water partition coefficient (Wildman–Crippen LogP) is 1.81. The predicted molar refractivity (Wildman–Crippen MR) is 71.8 cm³/mol. The molecule has 0 aromatic rings. The smallest absolute Gasteiger partial charge is 0.326 e. The van der Waals surface area contributed by atoms with Gasteiger partial charge >= 0.3 is 5.97 Å². The Morgan fingerprint density at radius 3 is 2.47 bits per heavy atom. The van der Waals surface area contributed by atoms with Crippen LogP contribution in [-0.2, 0) is 14.3 Å². The van der Waals surface area contributed by atoms with E-state index in [1.807, 2.05) is 0 Å². The van der Waals surface area contributed by atoms with Crippen LogP contribution in [0.15, 0.2) is 0 Å². The minimum atomic E-state index is -1.01. The molecule has 1 aliphatic carbocycles. The quantitative estimate of drug-likeness (QED) is 0.772. The maximum absolute atomic E-state index is 11.7. The van der Waals surface area contributed by atoms with Gasteiger partial charge in [0.1, 0.15) is 12.6 Å². The van der Waals surface area contributed by atoms with E-state index in [9.17, 15) is 9.59 Å². The summed E-state index contributed by atoms with van der Waals surface area (Å²) in [5, 5.41) is 11.5. The first kappa shape index (κ1) is 16.0. The molecular formula is C14H25NO4. The van der Waals surface area contributed by atoms with Gasteiger partial charge < -0.3 is 15.2 Å². The molecule has 1 amide bonds. The van der Waals surface area contributed by atoms with E-state index in [-0.39, 0.29) is 24.5 Å². The molecule has 19 heavy (non-hydrogen) atoms. The Hall–Kier alpha value is -1.10. The van der Waals surface area contributed by atoms with Crippen molar-refractivity contribution < 1.29 is 19.4 Å². The standard InChI is InChI=1S/C14H25NO4/c1-9(2)13(14(17)18)15-12(16)8-19-11-7-5-4-6-10(11)3/h9-11,13H,4-8H2,1-3H3,(H,15,16)(H,17,18)/t10?,11?,13-/m0/s1. The lowest BCUT2D eigenvalue weighted by atomic mass is 9.88. The van der Waals surface area contributed by atoms with Crippen molar-refractivity contribution in [3.8, 4) is 0 Å². The number of amides is 1. The number of nitrogens with one attached hydrogen (secondary N) is 1. The van der Waals surface area contributed by atoms with Crippen LogP contribution in [-0.4, -0.2) is 35.7 Å². The number of hydrogen-bond acceptors (Lipinski definition) is 3. The maximum Gasteiger partial charge on any atom is 0.326 e. The van der Waals surface area contributed by atoms with Crippen molar-refractivity contribution in [3.63, 3.8) is 0 Å². The molecule has 0 bridgehead atoms. The summed E-state index contributed by atoms with van der Waals surface area (Å²) in [6.45, 7) is 5.62. The van der Waals surface area contributed by atoms with Crippen LogP contribution in [0.1, 0.15) is 46.5 Å². The minimum Gasteiger partial charge on any atom is -0.480 e. The van der Waals surface area contributed by atoms with Crippen LogP contribution in [0.5, 0.6) is 0 Å². The average molecular weight is 271 g/mol. The zero-order valence-electron chi connectivity index (χ0n) is 12.0.